The third-order valence-corrected chi connectivity index (χ3v) is 4.34. The molecular formula is C15H20N2O3. The van der Waals surface area contributed by atoms with Crippen molar-refractivity contribution in [3.63, 3.8) is 0 Å². The van der Waals surface area contributed by atoms with Crippen molar-refractivity contribution < 1.29 is 15.0 Å². The Bertz CT molecular complexity index is 492. The molecule has 2 heterocycles. The highest BCUT2D eigenvalue weighted by atomic mass is 16.3. The van der Waals surface area contributed by atoms with Crippen LogP contribution < -0.4 is 0 Å². The zero-order valence-electron chi connectivity index (χ0n) is 11.5. The van der Waals surface area contributed by atoms with Crippen LogP contribution in [0.4, 0.5) is 0 Å². The fourth-order valence-electron chi connectivity index (χ4n) is 3.24. The zero-order valence-corrected chi connectivity index (χ0v) is 11.5. The summed E-state index contributed by atoms with van der Waals surface area (Å²) in [6.07, 6.45) is 3.45. The summed E-state index contributed by atoms with van der Waals surface area (Å²) in [5.41, 5.74) is 0.0228. The Hall–Kier alpha value is -1.75. The van der Waals surface area contributed by atoms with E-state index < -0.39 is 0 Å². The van der Waals surface area contributed by atoms with E-state index in [1.54, 1.807) is 4.90 Å². The van der Waals surface area contributed by atoms with Crippen LogP contribution in [0.2, 0.25) is 0 Å². The van der Waals surface area contributed by atoms with Crippen LogP contribution in [0, 0.1) is 0 Å². The normalized spacial score (nSPS) is 23.4. The second-order valence-electron chi connectivity index (χ2n) is 5.61. The Morgan fingerprint density at radius 1 is 1.10 bits per heavy atom. The number of carbonyl (C=O) groups excluding carboxylic acids is 1. The minimum atomic E-state index is -0.276. The molecule has 5 heteroatoms. The molecule has 20 heavy (non-hydrogen) atoms. The molecule has 2 N–H and O–H groups in total. The van der Waals surface area contributed by atoms with E-state index in [1.165, 1.54) is 31.0 Å². The van der Waals surface area contributed by atoms with Gasteiger partial charge in [-0.3, -0.25) is 9.69 Å². The van der Waals surface area contributed by atoms with Gasteiger partial charge in [0, 0.05) is 19.1 Å². The summed E-state index contributed by atoms with van der Waals surface area (Å²) in [5.74, 6) is -0.582. The van der Waals surface area contributed by atoms with Gasteiger partial charge in [-0.25, -0.2) is 0 Å². The van der Waals surface area contributed by atoms with Crippen molar-refractivity contribution in [2.45, 2.75) is 25.3 Å². The summed E-state index contributed by atoms with van der Waals surface area (Å²) in [5, 5.41) is 19.6. The molecule has 108 valence electrons. The van der Waals surface area contributed by atoms with Crippen LogP contribution in [0.5, 0.6) is 11.5 Å². The Morgan fingerprint density at radius 2 is 1.75 bits per heavy atom. The average Bonchev–Trinajstić information content (AvgIpc) is 3.09. The first-order valence-electron chi connectivity index (χ1n) is 7.21. The maximum Gasteiger partial charge on any atom is 0.261 e. The number of hydrogen-bond acceptors (Lipinski definition) is 4. The number of carbonyl (C=O) groups is 1. The summed E-state index contributed by atoms with van der Waals surface area (Å²) < 4.78 is 0. The molecule has 1 aromatic carbocycles. The van der Waals surface area contributed by atoms with Gasteiger partial charge in [-0.2, -0.15) is 0 Å². The van der Waals surface area contributed by atoms with E-state index in [0.717, 1.165) is 19.5 Å². The monoisotopic (exact) mass is 276 g/mol. The molecule has 1 aromatic rings. The second-order valence-corrected chi connectivity index (χ2v) is 5.61. The van der Waals surface area contributed by atoms with E-state index >= 15 is 0 Å². The molecular weight excluding hydrogens is 256 g/mol. The molecule has 0 bridgehead atoms. The van der Waals surface area contributed by atoms with Crippen molar-refractivity contribution in [1.82, 2.24) is 9.80 Å². The van der Waals surface area contributed by atoms with Crippen LogP contribution in [0.1, 0.15) is 29.6 Å². The number of aromatic hydroxyl groups is 2. The zero-order chi connectivity index (χ0) is 14.1. The molecule has 5 nitrogen and oxygen atoms in total. The van der Waals surface area contributed by atoms with Gasteiger partial charge in [-0.15, -0.1) is 0 Å². The number of hydrogen-bond donors (Lipinski definition) is 2. The number of nitrogens with zero attached hydrogens (tertiary/aromatic N) is 2. The lowest BCUT2D eigenvalue weighted by molar-refractivity contribution is 0.0774. The number of amides is 1. The van der Waals surface area contributed by atoms with Gasteiger partial charge in [-0.05, 0) is 44.5 Å². The third kappa shape index (κ3) is 2.33. The molecule has 0 aliphatic carbocycles. The van der Waals surface area contributed by atoms with Gasteiger partial charge >= 0.3 is 0 Å². The first-order chi connectivity index (χ1) is 9.66. The Kier molecular flexibility index (Phi) is 3.53. The van der Waals surface area contributed by atoms with Crippen LogP contribution in [0.3, 0.4) is 0 Å². The SMILES string of the molecule is O=C(c1c(O)cccc1O)N1CCC(N2CCCC2)C1. The first-order valence-corrected chi connectivity index (χ1v) is 7.21. The lowest BCUT2D eigenvalue weighted by Gasteiger charge is -2.23. The largest absolute Gasteiger partial charge is 0.507 e. The standard InChI is InChI=1S/C15H20N2O3/c18-12-4-3-5-13(19)14(12)15(20)17-9-6-11(10-17)16-7-1-2-8-16/h3-5,11,18-19H,1-2,6-10H2. The quantitative estimate of drug-likeness (QED) is 0.857. The summed E-state index contributed by atoms with van der Waals surface area (Å²) >= 11 is 0. The fourth-order valence-corrected chi connectivity index (χ4v) is 3.24. The number of rotatable bonds is 2. The minimum Gasteiger partial charge on any atom is -0.507 e. The molecule has 1 atom stereocenters. The fraction of sp³-hybridized carbons (Fsp3) is 0.533. The van der Waals surface area contributed by atoms with E-state index in [4.69, 9.17) is 0 Å². The Labute approximate surface area is 118 Å². The van der Waals surface area contributed by atoms with Gasteiger partial charge in [0.25, 0.3) is 5.91 Å². The predicted molar refractivity (Wildman–Crippen MR) is 74.9 cm³/mol. The van der Waals surface area contributed by atoms with E-state index in [-0.39, 0.29) is 23.0 Å². The van der Waals surface area contributed by atoms with Crippen molar-refractivity contribution in [2.75, 3.05) is 26.2 Å². The van der Waals surface area contributed by atoms with Gasteiger partial charge in [0.2, 0.25) is 0 Å². The lowest BCUT2D eigenvalue weighted by atomic mass is 10.1. The lowest BCUT2D eigenvalue weighted by Crippen LogP contribution is -2.37. The topological polar surface area (TPSA) is 64.0 Å². The molecule has 2 saturated heterocycles. The van der Waals surface area contributed by atoms with Gasteiger partial charge in [0.05, 0.1) is 0 Å². The maximum atomic E-state index is 12.4. The van der Waals surface area contributed by atoms with Crippen LogP contribution in [0.15, 0.2) is 18.2 Å². The van der Waals surface area contributed by atoms with E-state index in [1.807, 2.05) is 0 Å². The summed E-state index contributed by atoms with van der Waals surface area (Å²) in [4.78, 5) is 16.6. The number of likely N-dealkylation sites (tertiary alicyclic amines) is 2. The van der Waals surface area contributed by atoms with Crippen LogP contribution in [-0.2, 0) is 0 Å². The minimum absolute atomic E-state index is 0.0228. The second kappa shape index (κ2) is 5.32. The molecule has 2 aliphatic rings. The molecule has 1 unspecified atom stereocenters. The van der Waals surface area contributed by atoms with E-state index in [0.29, 0.717) is 19.1 Å². The van der Waals surface area contributed by atoms with Gasteiger partial charge in [-0.1, -0.05) is 6.07 Å². The number of phenolic OH excluding ortho intramolecular Hbond substituents is 2. The molecule has 1 amide bonds. The average molecular weight is 276 g/mol. The van der Waals surface area contributed by atoms with Crippen molar-refractivity contribution in [3.8, 4) is 11.5 Å². The van der Waals surface area contributed by atoms with Gasteiger partial charge in [0.1, 0.15) is 17.1 Å². The van der Waals surface area contributed by atoms with Crippen molar-refractivity contribution in [2.24, 2.45) is 0 Å². The van der Waals surface area contributed by atoms with Gasteiger partial charge < -0.3 is 15.1 Å². The highest BCUT2D eigenvalue weighted by molar-refractivity contribution is 5.99. The molecule has 2 aliphatic heterocycles. The van der Waals surface area contributed by atoms with Crippen molar-refractivity contribution >= 4 is 5.91 Å². The molecule has 3 rings (SSSR count). The molecule has 2 fully saturated rings. The van der Waals surface area contributed by atoms with Crippen molar-refractivity contribution in [3.05, 3.63) is 23.8 Å². The smallest absolute Gasteiger partial charge is 0.261 e. The molecule has 0 spiro atoms. The number of benzene rings is 1. The predicted octanol–water partition coefficient (Wildman–Crippen LogP) is 1.41. The molecule has 0 saturated carbocycles. The molecule has 0 aromatic heterocycles. The Balaban J connectivity index is 1.72. The first kappa shape index (κ1) is 13.2. The van der Waals surface area contributed by atoms with Gasteiger partial charge in [0.15, 0.2) is 0 Å². The summed E-state index contributed by atoms with van der Waals surface area (Å²) in [6, 6.07) is 4.81. The highest BCUT2D eigenvalue weighted by Crippen LogP contribution is 2.30. The number of phenols is 2. The van der Waals surface area contributed by atoms with E-state index in [2.05, 4.69) is 4.90 Å². The van der Waals surface area contributed by atoms with Crippen LogP contribution in [-0.4, -0.2) is 58.1 Å². The van der Waals surface area contributed by atoms with Crippen LogP contribution in [0.25, 0.3) is 0 Å². The highest BCUT2D eigenvalue weighted by Gasteiger charge is 2.33. The third-order valence-electron chi connectivity index (χ3n) is 4.34. The molecule has 0 radical (unpaired) electrons. The summed E-state index contributed by atoms with van der Waals surface area (Å²) in [6.45, 7) is 3.61. The van der Waals surface area contributed by atoms with Crippen LogP contribution >= 0.6 is 0 Å². The Morgan fingerprint density at radius 3 is 2.40 bits per heavy atom. The van der Waals surface area contributed by atoms with Crippen molar-refractivity contribution in [1.29, 1.82) is 0 Å². The van der Waals surface area contributed by atoms with E-state index in [9.17, 15) is 15.0 Å². The maximum absolute atomic E-state index is 12.4. The summed E-state index contributed by atoms with van der Waals surface area (Å²) in [7, 11) is 0.